The quantitative estimate of drug-likeness (QED) is 0.269. The summed E-state index contributed by atoms with van der Waals surface area (Å²) in [6.07, 6.45) is 1.98. The first kappa shape index (κ1) is 26.7. The van der Waals surface area contributed by atoms with E-state index in [4.69, 9.17) is 15.9 Å². The van der Waals surface area contributed by atoms with Crippen molar-refractivity contribution in [1.29, 1.82) is 5.41 Å². The number of amidine groups is 1. The van der Waals surface area contributed by atoms with Gasteiger partial charge in [0, 0.05) is 28.7 Å². The second-order valence-electron chi connectivity index (χ2n) is 9.51. The van der Waals surface area contributed by atoms with Gasteiger partial charge in [0.15, 0.2) is 11.6 Å². The number of rotatable bonds is 9. The molecule has 0 saturated heterocycles. The van der Waals surface area contributed by atoms with Crippen LogP contribution >= 0.6 is 0 Å². The maximum absolute atomic E-state index is 15.0. The lowest BCUT2D eigenvalue weighted by molar-refractivity contribution is 0.291. The molecule has 4 N–H and O–H groups in total. The predicted octanol–water partition coefficient (Wildman–Crippen LogP) is 4.92. The molecule has 0 radical (unpaired) electrons. The summed E-state index contributed by atoms with van der Waals surface area (Å²) in [4.78, 5) is 0. The molecule has 196 valence electrons. The molecule has 0 spiro atoms. The summed E-state index contributed by atoms with van der Waals surface area (Å²) in [7, 11) is -3.48. The highest BCUT2D eigenvalue weighted by atomic mass is 32.2. The van der Waals surface area contributed by atoms with Crippen molar-refractivity contribution in [2.24, 2.45) is 11.1 Å². The molecule has 0 bridgehead atoms. The topological polar surface area (TPSA) is 105 Å². The summed E-state index contributed by atoms with van der Waals surface area (Å²) < 4.78 is 76.4. The average Bonchev–Trinajstić information content (AvgIpc) is 3.23. The molecule has 2 atom stereocenters. The van der Waals surface area contributed by atoms with Gasteiger partial charge in [0.05, 0.1) is 12.1 Å². The van der Waals surface area contributed by atoms with Gasteiger partial charge in [-0.15, -0.1) is 0 Å². The van der Waals surface area contributed by atoms with Gasteiger partial charge in [-0.2, -0.15) is 0 Å². The number of nitrogens with one attached hydrogen (secondary N) is 2. The summed E-state index contributed by atoms with van der Waals surface area (Å²) in [6, 6.07) is 14.8. The van der Waals surface area contributed by atoms with Crippen LogP contribution in [0, 0.1) is 28.3 Å². The number of sulfonamides is 1. The van der Waals surface area contributed by atoms with E-state index < -0.39 is 38.9 Å². The van der Waals surface area contributed by atoms with Crippen LogP contribution in [-0.4, -0.2) is 26.6 Å². The summed E-state index contributed by atoms with van der Waals surface area (Å²) in [6.45, 7) is 0.0482. The second kappa shape index (κ2) is 10.5. The molecule has 0 amide bonds. The summed E-state index contributed by atoms with van der Waals surface area (Å²) >= 11 is 0. The Bertz CT molecular complexity index is 1420. The van der Waals surface area contributed by atoms with Crippen molar-refractivity contribution in [2.45, 2.75) is 38.3 Å². The molecule has 10 heteroatoms. The molecule has 0 heterocycles. The highest BCUT2D eigenvalue weighted by Gasteiger charge is 2.43. The van der Waals surface area contributed by atoms with E-state index in [1.807, 2.05) is 30.3 Å². The molecule has 4 rings (SSSR count). The van der Waals surface area contributed by atoms with Gasteiger partial charge in [-0.1, -0.05) is 42.5 Å². The number of hydrogen-bond donors (Lipinski definition) is 3. The van der Waals surface area contributed by atoms with Crippen LogP contribution in [0.2, 0.25) is 0 Å². The lowest BCUT2D eigenvalue weighted by Crippen LogP contribution is -2.39. The number of benzene rings is 3. The third kappa shape index (κ3) is 6.14. The van der Waals surface area contributed by atoms with Gasteiger partial charge >= 0.3 is 0 Å². The fourth-order valence-electron chi connectivity index (χ4n) is 4.93. The number of halogens is 3. The van der Waals surface area contributed by atoms with Gasteiger partial charge in [-0.3, -0.25) is 5.41 Å². The molecule has 0 aliphatic heterocycles. The lowest BCUT2D eigenvalue weighted by atomic mass is 9.78. The van der Waals surface area contributed by atoms with E-state index in [0.717, 1.165) is 17.9 Å². The molecule has 1 aliphatic rings. The Kier molecular flexibility index (Phi) is 7.61. The van der Waals surface area contributed by atoms with Crippen LogP contribution in [0.1, 0.15) is 30.4 Å². The minimum Gasteiger partial charge on any atom is -0.485 e. The monoisotopic (exact) mass is 531 g/mol. The Hall–Kier alpha value is -3.37. The molecule has 1 saturated carbocycles. The van der Waals surface area contributed by atoms with Crippen LogP contribution in [0.25, 0.3) is 11.1 Å². The average molecular weight is 532 g/mol. The predicted molar refractivity (Wildman–Crippen MR) is 136 cm³/mol. The number of ether oxygens (including phenoxy) is 1. The van der Waals surface area contributed by atoms with Crippen molar-refractivity contribution in [3.05, 3.63) is 89.2 Å². The molecule has 0 unspecified atom stereocenters. The third-order valence-electron chi connectivity index (χ3n) is 6.71. The minimum atomic E-state index is -3.48. The fraction of sp³-hybridized carbons (Fsp3) is 0.296. The highest BCUT2D eigenvalue weighted by molar-refractivity contribution is 7.88. The smallest absolute Gasteiger partial charge is 0.208 e. The Morgan fingerprint density at radius 1 is 1.05 bits per heavy atom. The van der Waals surface area contributed by atoms with Crippen LogP contribution in [0.3, 0.4) is 0 Å². The largest absolute Gasteiger partial charge is 0.485 e. The van der Waals surface area contributed by atoms with E-state index >= 15 is 4.39 Å². The van der Waals surface area contributed by atoms with Crippen LogP contribution in [-0.2, 0) is 23.1 Å². The normalized spacial score (nSPS) is 19.6. The number of para-hydroxylation sites is 1. The van der Waals surface area contributed by atoms with E-state index in [1.54, 1.807) is 0 Å². The van der Waals surface area contributed by atoms with Gasteiger partial charge in [0.25, 0.3) is 0 Å². The summed E-state index contributed by atoms with van der Waals surface area (Å²) in [5.74, 6) is -2.78. The highest BCUT2D eigenvalue weighted by Crippen LogP contribution is 2.43. The molecule has 3 aromatic rings. The molecule has 6 nitrogen and oxygen atoms in total. The molecular formula is C27H28F3N3O3S. The molecule has 0 aromatic heterocycles. The Morgan fingerprint density at radius 2 is 1.78 bits per heavy atom. The van der Waals surface area contributed by atoms with Crippen molar-refractivity contribution >= 4 is 15.9 Å². The van der Waals surface area contributed by atoms with Gasteiger partial charge in [0.2, 0.25) is 10.0 Å². The van der Waals surface area contributed by atoms with Crippen LogP contribution in [0.4, 0.5) is 13.2 Å². The van der Waals surface area contributed by atoms with Crippen LogP contribution in [0.15, 0.2) is 60.7 Å². The first-order valence-corrected chi connectivity index (χ1v) is 13.6. The summed E-state index contributed by atoms with van der Waals surface area (Å²) in [5.41, 5.74) is 5.85. The Labute approximate surface area is 214 Å². The zero-order valence-corrected chi connectivity index (χ0v) is 21.0. The summed E-state index contributed by atoms with van der Waals surface area (Å²) in [5, 5.41) is 8.17. The van der Waals surface area contributed by atoms with Crippen molar-refractivity contribution in [1.82, 2.24) is 4.72 Å². The number of nitrogens with two attached hydrogens (primary N) is 1. The van der Waals surface area contributed by atoms with Crippen molar-refractivity contribution in [2.75, 3.05) is 6.26 Å². The van der Waals surface area contributed by atoms with E-state index in [1.165, 1.54) is 24.3 Å². The van der Waals surface area contributed by atoms with Gasteiger partial charge in [0.1, 0.15) is 18.2 Å². The first-order chi connectivity index (χ1) is 17.5. The van der Waals surface area contributed by atoms with Crippen LogP contribution in [0.5, 0.6) is 5.75 Å². The molecule has 37 heavy (non-hydrogen) atoms. The Balaban J connectivity index is 1.68. The van der Waals surface area contributed by atoms with Gasteiger partial charge < -0.3 is 10.5 Å². The SMILES string of the molecule is CS(=O)(=O)N[C@H]1CC[C@](Cc2cc(-c3cccc(F)c3OCc3ccccc3)c(F)cc2F)(C(=N)N)C1. The van der Waals surface area contributed by atoms with Crippen molar-refractivity contribution in [3.63, 3.8) is 0 Å². The molecule has 1 aliphatic carbocycles. The van der Waals surface area contributed by atoms with E-state index in [2.05, 4.69) is 4.72 Å². The maximum atomic E-state index is 15.0. The maximum Gasteiger partial charge on any atom is 0.208 e. The zero-order chi connectivity index (χ0) is 26.8. The molecular weight excluding hydrogens is 503 g/mol. The van der Waals surface area contributed by atoms with Gasteiger partial charge in [-0.25, -0.2) is 26.3 Å². The molecule has 3 aromatic carbocycles. The van der Waals surface area contributed by atoms with Gasteiger partial charge in [-0.05, 0) is 48.9 Å². The minimum absolute atomic E-state index is 0.0427. The van der Waals surface area contributed by atoms with E-state index in [0.29, 0.717) is 12.8 Å². The standard InChI is InChI=1S/C27H28F3N3O3S/c1-37(34,35)33-19-10-11-27(15-19,26(31)32)14-18-12-21(24(30)13-23(18)29)20-8-5-9-22(28)25(20)36-16-17-6-3-2-4-7-17/h2-9,12-13,19,33H,10-11,14-16H2,1H3,(H3,31,32)/t19-,27+/m0/s1. The van der Waals surface area contributed by atoms with Crippen LogP contribution < -0.4 is 15.2 Å². The Morgan fingerprint density at radius 3 is 2.46 bits per heavy atom. The second-order valence-corrected chi connectivity index (χ2v) is 11.3. The first-order valence-electron chi connectivity index (χ1n) is 11.7. The van der Waals surface area contributed by atoms with Crippen molar-refractivity contribution < 1.29 is 26.3 Å². The third-order valence-corrected chi connectivity index (χ3v) is 7.47. The number of hydrogen-bond acceptors (Lipinski definition) is 4. The molecule has 1 fully saturated rings. The fourth-order valence-corrected chi connectivity index (χ4v) is 5.73. The van der Waals surface area contributed by atoms with E-state index in [9.17, 15) is 17.2 Å². The zero-order valence-electron chi connectivity index (χ0n) is 20.2. The van der Waals surface area contributed by atoms with E-state index in [-0.39, 0.29) is 47.7 Å². The lowest BCUT2D eigenvalue weighted by Gasteiger charge is -2.29. The van der Waals surface area contributed by atoms with Crippen molar-refractivity contribution in [3.8, 4) is 16.9 Å².